The zero-order valence-corrected chi connectivity index (χ0v) is 28.8. The van der Waals surface area contributed by atoms with E-state index in [9.17, 15) is 31.2 Å². The van der Waals surface area contributed by atoms with Gasteiger partial charge in [-0.1, -0.05) is 111 Å². The highest BCUT2D eigenvalue weighted by molar-refractivity contribution is 7.85. The van der Waals surface area contributed by atoms with Crippen LogP contribution in [0.1, 0.15) is 72.1 Å². The highest BCUT2D eigenvalue weighted by Gasteiger charge is 2.31. The largest absolute Gasteiger partial charge is 0.416 e. The summed E-state index contributed by atoms with van der Waals surface area (Å²) in [6.07, 6.45) is -0.123. The zero-order valence-electron chi connectivity index (χ0n) is 27.2. The van der Waals surface area contributed by atoms with Crippen molar-refractivity contribution in [3.63, 3.8) is 0 Å². The van der Waals surface area contributed by atoms with E-state index in [-0.39, 0.29) is 35.0 Å². The summed E-state index contributed by atoms with van der Waals surface area (Å²) in [5, 5.41) is 2.91. The van der Waals surface area contributed by atoms with Crippen molar-refractivity contribution in [2.24, 2.45) is 5.41 Å². The van der Waals surface area contributed by atoms with E-state index in [2.05, 4.69) is 32.2 Å². The number of ketones is 1. The standard InChI is InChI=1S/C38H37ClF3NO5S/c1-37(2,3)21-20-25-6-10-28(11-7-25)33(23-26-8-12-29(13-9-26)35(44)5-4-22-49(46,47)48)36(45)43-31-17-14-27(15-18-31)32-19-16-30(24-34(32)39)38(40,41)42/h6-21,24,33H,4-5,22-23H2,1-3H3,(H,43,45)(H,46,47,48)/b21-20-. The number of alkyl halides is 3. The van der Waals surface area contributed by atoms with Crippen molar-refractivity contribution in [1.82, 2.24) is 0 Å². The fraction of sp³-hybridized carbons (Fsp3) is 0.263. The summed E-state index contributed by atoms with van der Waals surface area (Å²) in [5.74, 6) is -1.67. The van der Waals surface area contributed by atoms with Gasteiger partial charge in [0.1, 0.15) is 0 Å². The summed E-state index contributed by atoms with van der Waals surface area (Å²) >= 11 is 6.18. The van der Waals surface area contributed by atoms with Gasteiger partial charge in [-0.2, -0.15) is 21.6 Å². The van der Waals surface area contributed by atoms with Gasteiger partial charge in [0.15, 0.2) is 5.78 Å². The molecule has 1 unspecified atom stereocenters. The Morgan fingerprint density at radius 1 is 0.898 bits per heavy atom. The summed E-state index contributed by atoms with van der Waals surface area (Å²) < 4.78 is 70.1. The lowest BCUT2D eigenvalue weighted by molar-refractivity contribution is -0.137. The molecular weight excluding hydrogens is 675 g/mol. The van der Waals surface area contributed by atoms with Gasteiger partial charge in [0.2, 0.25) is 5.91 Å². The first-order chi connectivity index (χ1) is 22.9. The summed E-state index contributed by atoms with van der Waals surface area (Å²) in [4.78, 5) is 26.3. The molecule has 0 saturated carbocycles. The van der Waals surface area contributed by atoms with Crippen LogP contribution in [0.4, 0.5) is 18.9 Å². The normalized spacial score (nSPS) is 13.0. The number of nitrogens with one attached hydrogen (secondary N) is 1. The van der Waals surface area contributed by atoms with Crippen LogP contribution < -0.4 is 5.32 Å². The molecule has 0 spiro atoms. The molecule has 0 saturated heterocycles. The van der Waals surface area contributed by atoms with Crippen molar-refractivity contribution < 1.29 is 35.7 Å². The lowest BCUT2D eigenvalue weighted by Crippen LogP contribution is -2.23. The Hall–Kier alpha value is -4.25. The van der Waals surface area contributed by atoms with E-state index in [4.69, 9.17) is 16.2 Å². The average molecular weight is 712 g/mol. The molecule has 0 radical (unpaired) electrons. The Labute approximate surface area is 289 Å². The Morgan fingerprint density at radius 2 is 1.53 bits per heavy atom. The van der Waals surface area contributed by atoms with E-state index >= 15 is 0 Å². The summed E-state index contributed by atoms with van der Waals surface area (Å²) in [7, 11) is -4.15. The van der Waals surface area contributed by atoms with Crippen LogP contribution in [0.2, 0.25) is 5.02 Å². The SMILES string of the molecule is CC(C)(C)/C=C\c1ccc(C(Cc2ccc(C(=O)CCCS(=O)(=O)O)cc2)C(=O)Nc2ccc(-c3ccc(C(F)(F)F)cc3Cl)cc2)cc1. The summed E-state index contributed by atoms with van der Waals surface area (Å²) in [5.41, 5.74) is 3.58. The van der Waals surface area contributed by atoms with E-state index < -0.39 is 33.5 Å². The van der Waals surface area contributed by atoms with Crippen LogP contribution in [0.15, 0.2) is 97.1 Å². The van der Waals surface area contributed by atoms with Gasteiger partial charge in [-0.25, -0.2) is 0 Å². The van der Waals surface area contributed by atoms with Crippen LogP contribution in [0, 0.1) is 5.41 Å². The number of amides is 1. The molecule has 4 rings (SSSR count). The van der Waals surface area contributed by atoms with Crippen molar-refractivity contribution in [2.45, 2.75) is 52.1 Å². The van der Waals surface area contributed by atoms with Crippen LogP contribution in [-0.2, 0) is 27.5 Å². The lowest BCUT2D eigenvalue weighted by Gasteiger charge is -2.19. The van der Waals surface area contributed by atoms with Gasteiger partial charge in [0.05, 0.1) is 17.2 Å². The quantitative estimate of drug-likeness (QED) is 0.113. The Bertz CT molecular complexity index is 1910. The predicted molar refractivity (Wildman–Crippen MR) is 188 cm³/mol. The molecule has 0 aliphatic carbocycles. The number of carbonyl (C=O) groups excluding carboxylic acids is 2. The number of halogens is 4. The van der Waals surface area contributed by atoms with Gasteiger partial charge in [-0.15, -0.1) is 0 Å². The summed E-state index contributed by atoms with van der Waals surface area (Å²) in [6.45, 7) is 6.30. The molecule has 0 aromatic heterocycles. The molecule has 0 bridgehead atoms. The Morgan fingerprint density at radius 3 is 2.08 bits per heavy atom. The van der Waals surface area contributed by atoms with Crippen LogP contribution in [0.25, 0.3) is 17.2 Å². The molecule has 49 heavy (non-hydrogen) atoms. The molecule has 1 atom stereocenters. The minimum absolute atomic E-state index is 0.000949. The highest BCUT2D eigenvalue weighted by atomic mass is 35.5. The van der Waals surface area contributed by atoms with Gasteiger partial charge in [-0.05, 0) is 64.8 Å². The second kappa shape index (κ2) is 15.5. The number of benzene rings is 4. The van der Waals surface area contributed by atoms with Crippen LogP contribution in [0.3, 0.4) is 0 Å². The minimum Gasteiger partial charge on any atom is -0.326 e. The van der Waals surface area contributed by atoms with E-state index in [0.717, 1.165) is 28.8 Å². The number of rotatable bonds is 12. The molecular formula is C38H37ClF3NO5S. The second-order valence-electron chi connectivity index (χ2n) is 12.9. The fourth-order valence-electron chi connectivity index (χ4n) is 5.06. The number of hydrogen-bond acceptors (Lipinski definition) is 4. The molecule has 1 amide bonds. The van der Waals surface area contributed by atoms with Crippen molar-refractivity contribution in [3.8, 4) is 11.1 Å². The highest BCUT2D eigenvalue weighted by Crippen LogP contribution is 2.36. The molecule has 0 aliphatic rings. The topological polar surface area (TPSA) is 101 Å². The van der Waals surface area contributed by atoms with Crippen molar-refractivity contribution in [3.05, 3.63) is 130 Å². The van der Waals surface area contributed by atoms with Crippen LogP contribution in [-0.4, -0.2) is 30.4 Å². The van der Waals surface area contributed by atoms with Gasteiger partial charge in [0.25, 0.3) is 10.1 Å². The molecule has 0 heterocycles. The maximum Gasteiger partial charge on any atom is 0.416 e. The molecule has 258 valence electrons. The molecule has 4 aromatic rings. The van der Waals surface area contributed by atoms with Crippen LogP contribution in [0.5, 0.6) is 0 Å². The maximum atomic E-state index is 13.8. The van der Waals surface area contributed by atoms with Crippen molar-refractivity contribution in [1.29, 1.82) is 0 Å². The summed E-state index contributed by atoms with van der Waals surface area (Å²) in [6, 6.07) is 24.2. The third kappa shape index (κ3) is 11.4. The van der Waals surface area contributed by atoms with Gasteiger partial charge in [0, 0.05) is 28.3 Å². The molecule has 2 N–H and O–H groups in total. The monoisotopic (exact) mass is 711 g/mol. The number of allylic oxidation sites excluding steroid dienone is 1. The lowest BCUT2D eigenvalue weighted by atomic mass is 9.89. The molecule has 11 heteroatoms. The average Bonchev–Trinajstić information content (AvgIpc) is 3.02. The van der Waals surface area contributed by atoms with E-state index in [1.165, 1.54) is 6.07 Å². The molecule has 0 aliphatic heterocycles. The first-order valence-corrected chi connectivity index (χ1v) is 17.5. The first kappa shape index (κ1) is 37.6. The maximum absolute atomic E-state index is 13.8. The van der Waals surface area contributed by atoms with E-state index in [1.807, 2.05) is 30.3 Å². The Kier molecular flexibility index (Phi) is 11.9. The number of hydrogen-bond donors (Lipinski definition) is 2. The number of carbonyl (C=O) groups is 2. The van der Waals surface area contributed by atoms with Gasteiger partial charge >= 0.3 is 6.18 Å². The van der Waals surface area contributed by atoms with Crippen molar-refractivity contribution >= 4 is 45.2 Å². The van der Waals surface area contributed by atoms with E-state index in [1.54, 1.807) is 48.5 Å². The second-order valence-corrected chi connectivity index (χ2v) is 14.9. The molecule has 4 aromatic carbocycles. The fourth-order valence-corrected chi connectivity index (χ4v) is 5.86. The zero-order chi connectivity index (χ0) is 36.0. The van der Waals surface area contributed by atoms with Crippen LogP contribution >= 0.6 is 11.6 Å². The molecule has 6 nitrogen and oxygen atoms in total. The third-order valence-electron chi connectivity index (χ3n) is 7.71. The van der Waals surface area contributed by atoms with Crippen molar-refractivity contribution in [2.75, 3.05) is 11.1 Å². The Balaban J connectivity index is 1.54. The predicted octanol–water partition coefficient (Wildman–Crippen LogP) is 9.90. The van der Waals surface area contributed by atoms with Gasteiger partial charge in [-0.3, -0.25) is 14.1 Å². The minimum atomic E-state index is -4.51. The van der Waals surface area contributed by atoms with E-state index in [0.29, 0.717) is 28.8 Å². The first-order valence-electron chi connectivity index (χ1n) is 15.5. The van der Waals surface area contributed by atoms with Gasteiger partial charge < -0.3 is 5.32 Å². The molecule has 0 fully saturated rings. The number of anilines is 1. The third-order valence-corrected chi connectivity index (χ3v) is 8.83. The number of Topliss-reactive ketones (excluding diaryl/α,β-unsaturated/α-hetero) is 1. The smallest absolute Gasteiger partial charge is 0.326 e.